The van der Waals surface area contributed by atoms with Crippen LogP contribution >= 0.6 is 15.9 Å². The summed E-state index contributed by atoms with van der Waals surface area (Å²) in [5.74, 6) is 0. The van der Waals surface area contributed by atoms with Crippen LogP contribution in [0.2, 0.25) is 18.1 Å². The lowest BCUT2D eigenvalue weighted by molar-refractivity contribution is -0.0464. The number of nitrogens with one attached hydrogen (secondary N) is 1. The molecule has 0 aromatic heterocycles. The van der Waals surface area contributed by atoms with Crippen LogP contribution in [0.4, 0.5) is 0 Å². The van der Waals surface area contributed by atoms with E-state index < -0.39 is 13.9 Å². The van der Waals surface area contributed by atoms with Crippen molar-refractivity contribution < 1.29 is 9.53 Å². The van der Waals surface area contributed by atoms with Gasteiger partial charge in [-0.2, -0.15) is 0 Å². The quantitative estimate of drug-likeness (QED) is 0.481. The third-order valence-corrected chi connectivity index (χ3v) is 11.5. The fourth-order valence-electron chi connectivity index (χ4n) is 3.60. The summed E-state index contributed by atoms with van der Waals surface area (Å²) in [6.45, 7) is 14.5. The van der Waals surface area contributed by atoms with Crippen molar-refractivity contribution in [2.45, 2.75) is 95.7 Å². The van der Waals surface area contributed by atoms with Gasteiger partial charge in [0.05, 0.1) is 5.60 Å². The second-order valence-corrected chi connectivity index (χ2v) is 15.5. The van der Waals surface area contributed by atoms with Crippen molar-refractivity contribution in [1.29, 1.82) is 0 Å². The number of hydrogen-bond donors (Lipinski definition) is 2. The van der Waals surface area contributed by atoms with Crippen molar-refractivity contribution in [3.8, 4) is 0 Å². The van der Waals surface area contributed by atoms with Crippen molar-refractivity contribution in [1.82, 2.24) is 5.32 Å². The summed E-state index contributed by atoms with van der Waals surface area (Å²) in [7, 11) is -1.78. The van der Waals surface area contributed by atoms with Gasteiger partial charge in [-0.3, -0.25) is 0 Å². The normalized spacial score (nSPS) is 25.4. The molecule has 1 aromatic carbocycles. The van der Waals surface area contributed by atoms with E-state index in [2.05, 4.69) is 86.3 Å². The average molecular weight is 457 g/mol. The number of benzene rings is 1. The van der Waals surface area contributed by atoms with Crippen LogP contribution in [0.15, 0.2) is 28.7 Å². The highest BCUT2D eigenvalue weighted by molar-refractivity contribution is 9.10. The second-order valence-electron chi connectivity index (χ2n) is 9.80. The van der Waals surface area contributed by atoms with E-state index in [4.69, 9.17) is 4.43 Å². The SMILES string of the molecule is C[C@H](NCC[C@]1(O)CCC[C@@H](O[Si](C)(C)C(C)(C)C)C1)c1ccc(Br)cc1. The second kappa shape index (κ2) is 9.08. The Kier molecular flexibility index (Phi) is 7.76. The summed E-state index contributed by atoms with van der Waals surface area (Å²) in [5, 5.41) is 14.9. The van der Waals surface area contributed by atoms with Crippen LogP contribution in [0, 0.1) is 0 Å². The molecular formula is C22H38BrNO2Si. The van der Waals surface area contributed by atoms with Crippen molar-refractivity contribution >= 4 is 24.2 Å². The predicted octanol–water partition coefficient (Wildman–Crippen LogP) is 6.19. The van der Waals surface area contributed by atoms with Crippen LogP contribution in [0.1, 0.15) is 71.4 Å². The molecule has 2 N–H and O–H groups in total. The molecule has 5 heteroatoms. The molecule has 0 aliphatic heterocycles. The van der Waals surface area contributed by atoms with Gasteiger partial charge in [0.2, 0.25) is 0 Å². The number of aliphatic hydroxyl groups is 1. The Morgan fingerprint density at radius 1 is 1.30 bits per heavy atom. The standard InChI is InChI=1S/C22H38BrNO2Si/c1-17(18-9-11-19(23)12-10-18)24-15-14-22(25)13-7-8-20(16-22)26-27(5,6)21(2,3)4/h9-12,17,20,24-25H,7-8,13-16H2,1-6H3/t17-,20+,22+/m0/s1. The first-order valence-corrected chi connectivity index (χ1v) is 14.0. The van der Waals surface area contributed by atoms with Gasteiger partial charge in [-0.25, -0.2) is 0 Å². The molecule has 27 heavy (non-hydrogen) atoms. The molecular weight excluding hydrogens is 418 g/mol. The lowest BCUT2D eigenvalue weighted by Gasteiger charge is -2.44. The zero-order valence-electron chi connectivity index (χ0n) is 17.9. The Bertz CT molecular complexity index is 599. The van der Waals surface area contributed by atoms with Crippen LogP contribution in [-0.2, 0) is 4.43 Å². The third kappa shape index (κ3) is 6.67. The summed E-state index contributed by atoms with van der Waals surface area (Å²) < 4.78 is 7.70. The first kappa shape index (κ1) is 23.1. The van der Waals surface area contributed by atoms with Crippen LogP contribution in [0.5, 0.6) is 0 Å². The molecule has 154 valence electrons. The molecule has 1 fully saturated rings. The zero-order valence-corrected chi connectivity index (χ0v) is 20.5. The highest BCUT2D eigenvalue weighted by Crippen LogP contribution is 2.41. The molecule has 2 rings (SSSR count). The van der Waals surface area contributed by atoms with E-state index in [0.29, 0.717) is 0 Å². The minimum Gasteiger partial charge on any atom is -0.414 e. The molecule has 0 spiro atoms. The summed E-state index contributed by atoms with van der Waals surface area (Å²) in [6.07, 6.45) is 4.78. The molecule has 3 atom stereocenters. The number of hydrogen-bond acceptors (Lipinski definition) is 3. The fraction of sp³-hybridized carbons (Fsp3) is 0.727. The summed E-state index contributed by atoms with van der Waals surface area (Å²) in [6, 6.07) is 8.71. The lowest BCUT2D eigenvalue weighted by atomic mass is 9.81. The minimum absolute atomic E-state index is 0.202. The fourth-order valence-corrected chi connectivity index (χ4v) is 5.25. The molecule has 0 saturated heterocycles. The monoisotopic (exact) mass is 455 g/mol. The van der Waals surface area contributed by atoms with Gasteiger partial charge >= 0.3 is 0 Å². The molecule has 0 heterocycles. The van der Waals surface area contributed by atoms with Crippen LogP contribution in [0.25, 0.3) is 0 Å². The van der Waals surface area contributed by atoms with E-state index >= 15 is 0 Å². The topological polar surface area (TPSA) is 41.5 Å². The van der Waals surface area contributed by atoms with Gasteiger partial charge in [0.25, 0.3) is 0 Å². The van der Waals surface area contributed by atoms with E-state index in [9.17, 15) is 5.11 Å². The summed E-state index contributed by atoms with van der Waals surface area (Å²) >= 11 is 3.48. The third-order valence-electron chi connectivity index (χ3n) is 6.45. The first-order valence-electron chi connectivity index (χ1n) is 10.3. The Labute approximate surface area is 175 Å². The predicted molar refractivity (Wildman–Crippen MR) is 121 cm³/mol. The van der Waals surface area contributed by atoms with Crippen LogP contribution < -0.4 is 5.32 Å². The Balaban J connectivity index is 1.85. The maximum absolute atomic E-state index is 11.2. The Hall–Kier alpha value is -0.203. The van der Waals surface area contributed by atoms with E-state index in [-0.39, 0.29) is 17.2 Å². The largest absolute Gasteiger partial charge is 0.414 e. The number of rotatable bonds is 7. The lowest BCUT2D eigenvalue weighted by Crippen LogP contribution is -2.48. The van der Waals surface area contributed by atoms with Crippen molar-refractivity contribution in [2.24, 2.45) is 0 Å². The minimum atomic E-state index is -1.78. The van der Waals surface area contributed by atoms with Crippen molar-refractivity contribution in [3.63, 3.8) is 0 Å². The van der Waals surface area contributed by atoms with E-state index in [1.54, 1.807) is 0 Å². The van der Waals surface area contributed by atoms with Gasteiger partial charge in [-0.1, -0.05) is 48.8 Å². The molecule has 0 amide bonds. The van der Waals surface area contributed by atoms with E-state index in [1.807, 2.05) is 0 Å². The average Bonchev–Trinajstić information content (AvgIpc) is 2.53. The Morgan fingerprint density at radius 2 is 1.93 bits per heavy atom. The maximum atomic E-state index is 11.2. The number of halogens is 1. The summed E-state index contributed by atoms with van der Waals surface area (Å²) in [4.78, 5) is 0. The Morgan fingerprint density at radius 3 is 2.52 bits per heavy atom. The molecule has 1 aliphatic rings. The highest BCUT2D eigenvalue weighted by atomic mass is 79.9. The van der Waals surface area contributed by atoms with Gasteiger partial charge < -0.3 is 14.8 Å². The van der Waals surface area contributed by atoms with Gasteiger partial charge in [0, 0.05) is 23.0 Å². The van der Waals surface area contributed by atoms with E-state index in [1.165, 1.54) is 5.56 Å². The molecule has 3 nitrogen and oxygen atoms in total. The first-order chi connectivity index (χ1) is 12.4. The summed E-state index contributed by atoms with van der Waals surface area (Å²) in [5.41, 5.74) is 0.672. The molecule has 1 aliphatic carbocycles. The van der Waals surface area contributed by atoms with Gasteiger partial charge in [0.1, 0.15) is 0 Å². The smallest absolute Gasteiger partial charge is 0.192 e. The van der Waals surface area contributed by atoms with Gasteiger partial charge in [-0.15, -0.1) is 0 Å². The van der Waals surface area contributed by atoms with Crippen LogP contribution in [-0.4, -0.2) is 31.7 Å². The van der Waals surface area contributed by atoms with Crippen molar-refractivity contribution in [2.75, 3.05) is 6.54 Å². The van der Waals surface area contributed by atoms with E-state index in [0.717, 1.165) is 43.1 Å². The highest BCUT2D eigenvalue weighted by Gasteiger charge is 2.42. The van der Waals surface area contributed by atoms with Gasteiger partial charge in [0.15, 0.2) is 8.32 Å². The zero-order chi connectivity index (χ0) is 20.3. The maximum Gasteiger partial charge on any atom is 0.192 e. The molecule has 0 bridgehead atoms. The molecule has 0 radical (unpaired) electrons. The van der Waals surface area contributed by atoms with Gasteiger partial charge in [-0.05, 0) is 75.0 Å². The molecule has 1 saturated carbocycles. The molecule has 0 unspecified atom stereocenters. The van der Waals surface area contributed by atoms with Crippen LogP contribution in [0.3, 0.4) is 0 Å². The van der Waals surface area contributed by atoms with Crippen molar-refractivity contribution in [3.05, 3.63) is 34.3 Å². The molecule has 1 aromatic rings.